The van der Waals surface area contributed by atoms with Crippen molar-refractivity contribution in [2.75, 3.05) is 38.2 Å². The minimum Gasteiger partial charge on any atom is -0.494 e. The summed E-state index contributed by atoms with van der Waals surface area (Å²) in [5.41, 5.74) is 2.36. The highest BCUT2D eigenvalue weighted by Gasteiger charge is 2.66. The van der Waals surface area contributed by atoms with Crippen LogP contribution in [0, 0.1) is 5.82 Å². The van der Waals surface area contributed by atoms with Crippen molar-refractivity contribution in [1.82, 2.24) is 14.5 Å². The SMILES string of the molecule is CCOC(=O)CN(CC)C1CN(Cc2cccc(OCC)c2)[N+]2(C(=O)Nc3cc(Cl)ccc32)C1c1cccc(Cl)c1F. The lowest BCUT2D eigenvalue weighted by Gasteiger charge is -2.39. The Hall–Kier alpha value is -3.21. The fourth-order valence-electron chi connectivity index (χ4n) is 6.24. The van der Waals surface area contributed by atoms with Gasteiger partial charge in [-0.1, -0.05) is 48.3 Å². The molecule has 3 aromatic rings. The molecular weight excluding hydrogens is 582 g/mol. The molecule has 1 spiro atoms. The van der Waals surface area contributed by atoms with Gasteiger partial charge in [0.15, 0.2) is 17.5 Å². The third kappa shape index (κ3) is 5.36. The second kappa shape index (κ2) is 12.6. The fraction of sp³-hybridized carbons (Fsp3) is 0.355. The van der Waals surface area contributed by atoms with Gasteiger partial charge >= 0.3 is 12.0 Å². The van der Waals surface area contributed by atoms with Gasteiger partial charge in [0.05, 0.1) is 49.5 Å². The average Bonchev–Trinajstić information content (AvgIpc) is 3.43. The van der Waals surface area contributed by atoms with Crippen LogP contribution in [-0.4, -0.2) is 60.8 Å². The summed E-state index contributed by atoms with van der Waals surface area (Å²) in [6, 6.07) is 16.1. The standard InChI is InChI=1S/C31H33Cl2FN4O4/c1-4-36(19-28(39)42-6-3)26-18-37(17-20-9-7-10-22(15-20)41-5-2)38(30(26)23-11-8-12-24(33)29(23)34)27-14-13-21(32)16-25(27)35-31(38)40/h7-16,26,30H,4-6,17-19H2,1-3H3/p+1. The van der Waals surface area contributed by atoms with Gasteiger partial charge in [0.2, 0.25) is 0 Å². The number of hydrogen-bond acceptors (Lipinski definition) is 6. The number of likely N-dealkylation sites (N-methyl/N-ethyl adjacent to an activating group) is 1. The number of carbonyl (C=O) groups excluding carboxylic acids is 2. The molecule has 5 rings (SSSR count). The van der Waals surface area contributed by atoms with E-state index in [9.17, 15) is 9.59 Å². The van der Waals surface area contributed by atoms with E-state index in [1.807, 2.05) is 48.0 Å². The number of esters is 1. The van der Waals surface area contributed by atoms with Crippen molar-refractivity contribution in [2.24, 2.45) is 0 Å². The van der Waals surface area contributed by atoms with Crippen LogP contribution in [0.25, 0.3) is 0 Å². The topological polar surface area (TPSA) is 71.1 Å². The van der Waals surface area contributed by atoms with Gasteiger partial charge in [0.25, 0.3) is 0 Å². The largest absolute Gasteiger partial charge is 0.494 e. The molecule has 1 fully saturated rings. The van der Waals surface area contributed by atoms with E-state index in [0.29, 0.717) is 48.4 Å². The second-order valence-electron chi connectivity index (χ2n) is 10.2. The van der Waals surface area contributed by atoms with E-state index in [1.54, 1.807) is 37.3 Å². The number of quaternary nitrogens is 1. The Kier molecular flexibility index (Phi) is 9.05. The molecule has 2 aliphatic heterocycles. The van der Waals surface area contributed by atoms with Crippen molar-refractivity contribution in [2.45, 2.75) is 39.4 Å². The zero-order valence-electron chi connectivity index (χ0n) is 23.8. The van der Waals surface area contributed by atoms with Crippen molar-refractivity contribution < 1.29 is 23.5 Å². The molecule has 11 heteroatoms. The maximum absolute atomic E-state index is 16.0. The lowest BCUT2D eigenvalue weighted by Crippen LogP contribution is -2.61. The highest BCUT2D eigenvalue weighted by atomic mass is 35.5. The van der Waals surface area contributed by atoms with Gasteiger partial charge in [-0.2, -0.15) is 0 Å². The van der Waals surface area contributed by atoms with Gasteiger partial charge in [-0.15, -0.1) is 9.60 Å². The molecule has 3 aromatic carbocycles. The van der Waals surface area contributed by atoms with E-state index in [0.717, 1.165) is 5.56 Å². The third-order valence-corrected chi connectivity index (χ3v) is 8.40. The normalized spacial score (nSPS) is 21.5. The molecule has 0 saturated carbocycles. The van der Waals surface area contributed by atoms with Gasteiger partial charge in [-0.3, -0.25) is 15.0 Å². The maximum Gasteiger partial charge on any atom is 0.446 e. The maximum atomic E-state index is 16.0. The van der Waals surface area contributed by atoms with Crippen molar-refractivity contribution in [3.8, 4) is 5.75 Å². The first kappa shape index (κ1) is 30.3. The molecule has 1 N–H and O–H groups in total. The van der Waals surface area contributed by atoms with E-state index in [-0.39, 0.29) is 34.4 Å². The number of carbonyl (C=O) groups is 2. The molecule has 3 atom stereocenters. The quantitative estimate of drug-likeness (QED) is 0.200. The summed E-state index contributed by atoms with van der Waals surface area (Å²) in [5.74, 6) is -0.281. The number of rotatable bonds is 10. The molecule has 42 heavy (non-hydrogen) atoms. The average molecular weight is 617 g/mol. The zero-order chi connectivity index (χ0) is 30.0. The number of anilines is 1. The van der Waals surface area contributed by atoms with Crippen LogP contribution in [-0.2, 0) is 16.1 Å². The summed E-state index contributed by atoms with van der Waals surface area (Å²) in [6.07, 6.45) is 0. The number of benzene rings is 3. The van der Waals surface area contributed by atoms with Gasteiger partial charge in [0.1, 0.15) is 11.4 Å². The molecule has 0 radical (unpaired) electrons. The second-order valence-corrected chi connectivity index (χ2v) is 11.1. The highest BCUT2D eigenvalue weighted by Crippen LogP contribution is 2.54. The molecule has 2 aliphatic rings. The summed E-state index contributed by atoms with van der Waals surface area (Å²) in [4.78, 5) is 29.1. The summed E-state index contributed by atoms with van der Waals surface area (Å²) in [6.45, 7) is 7.47. The molecule has 2 amide bonds. The molecular formula is C31H34Cl2FN4O4+. The lowest BCUT2D eigenvalue weighted by molar-refractivity contribution is -0.145. The fourth-order valence-corrected chi connectivity index (χ4v) is 6.59. The van der Waals surface area contributed by atoms with Crippen LogP contribution in [0.4, 0.5) is 20.6 Å². The molecule has 0 bridgehead atoms. The third-order valence-electron chi connectivity index (χ3n) is 7.88. The van der Waals surface area contributed by atoms with Crippen molar-refractivity contribution in [3.63, 3.8) is 0 Å². The molecule has 0 aliphatic carbocycles. The predicted molar refractivity (Wildman–Crippen MR) is 162 cm³/mol. The number of amides is 2. The number of nitrogens with one attached hydrogen (secondary N) is 1. The van der Waals surface area contributed by atoms with Gasteiger partial charge in [-0.05, 0) is 62.4 Å². The van der Waals surface area contributed by atoms with Crippen LogP contribution < -0.4 is 14.6 Å². The Morgan fingerprint density at radius 2 is 1.88 bits per heavy atom. The lowest BCUT2D eigenvalue weighted by atomic mass is 9.96. The minimum atomic E-state index is -0.796. The molecule has 0 aromatic heterocycles. The molecule has 3 unspecified atom stereocenters. The Balaban J connectivity index is 1.73. The van der Waals surface area contributed by atoms with E-state index in [1.165, 1.54) is 6.07 Å². The number of urea groups is 1. The van der Waals surface area contributed by atoms with E-state index >= 15 is 4.39 Å². The summed E-state index contributed by atoms with van der Waals surface area (Å²) >= 11 is 12.7. The van der Waals surface area contributed by atoms with Crippen LogP contribution in [0.2, 0.25) is 10.0 Å². The molecule has 8 nitrogen and oxygen atoms in total. The number of hydrogen-bond donors (Lipinski definition) is 1. The van der Waals surface area contributed by atoms with Crippen molar-refractivity contribution >= 4 is 46.6 Å². The van der Waals surface area contributed by atoms with Crippen LogP contribution in [0.3, 0.4) is 0 Å². The molecule has 222 valence electrons. The van der Waals surface area contributed by atoms with E-state index in [4.69, 9.17) is 32.7 Å². The molecule has 2 heterocycles. The molecule has 1 saturated heterocycles. The number of fused-ring (bicyclic) bond motifs is 2. The monoisotopic (exact) mass is 615 g/mol. The number of nitrogens with zero attached hydrogens (tertiary/aromatic N) is 3. The van der Waals surface area contributed by atoms with E-state index in [2.05, 4.69) is 5.32 Å². The first-order chi connectivity index (χ1) is 20.2. The Labute approximate surface area is 255 Å². The van der Waals surface area contributed by atoms with Gasteiger partial charge < -0.3 is 9.47 Å². The number of halogens is 3. The van der Waals surface area contributed by atoms with Crippen molar-refractivity contribution in [1.29, 1.82) is 0 Å². The Bertz CT molecular complexity index is 1490. The Morgan fingerprint density at radius 1 is 1.10 bits per heavy atom. The summed E-state index contributed by atoms with van der Waals surface area (Å²) in [7, 11) is 0. The predicted octanol–water partition coefficient (Wildman–Crippen LogP) is 6.81. The van der Waals surface area contributed by atoms with Crippen LogP contribution in [0.15, 0.2) is 60.7 Å². The Morgan fingerprint density at radius 3 is 2.62 bits per heavy atom. The first-order valence-electron chi connectivity index (χ1n) is 14.1. The highest BCUT2D eigenvalue weighted by molar-refractivity contribution is 6.31. The number of ether oxygens (including phenoxy) is 2. The van der Waals surface area contributed by atoms with Gasteiger partial charge in [0, 0.05) is 11.1 Å². The van der Waals surface area contributed by atoms with Crippen LogP contribution in [0.5, 0.6) is 5.75 Å². The van der Waals surface area contributed by atoms with Gasteiger partial charge in [-0.25, -0.2) is 9.18 Å². The zero-order valence-corrected chi connectivity index (χ0v) is 25.3. The van der Waals surface area contributed by atoms with Crippen LogP contribution >= 0.6 is 23.2 Å². The minimum absolute atomic E-state index is 0.0174. The first-order valence-corrected chi connectivity index (χ1v) is 14.8. The van der Waals surface area contributed by atoms with Crippen molar-refractivity contribution in [3.05, 3.63) is 87.7 Å². The smallest absolute Gasteiger partial charge is 0.446 e. The van der Waals surface area contributed by atoms with E-state index < -0.39 is 23.9 Å². The summed E-state index contributed by atoms with van der Waals surface area (Å²) in [5, 5.41) is 5.44. The summed E-state index contributed by atoms with van der Waals surface area (Å²) < 4.78 is 26.7. The van der Waals surface area contributed by atoms with Crippen LogP contribution in [0.1, 0.15) is 37.9 Å².